The van der Waals surface area contributed by atoms with E-state index in [9.17, 15) is 9.18 Å². The molecule has 0 aliphatic carbocycles. The summed E-state index contributed by atoms with van der Waals surface area (Å²) >= 11 is 1.73. The number of halogens is 1. The van der Waals surface area contributed by atoms with Crippen LogP contribution in [0.15, 0.2) is 41.8 Å². The molecule has 1 aromatic heterocycles. The van der Waals surface area contributed by atoms with Crippen LogP contribution >= 0.6 is 11.3 Å². The summed E-state index contributed by atoms with van der Waals surface area (Å²) in [6.07, 6.45) is 2.43. The molecule has 1 atom stereocenters. The number of likely N-dealkylation sites (tertiary alicyclic amines) is 1. The minimum Gasteiger partial charge on any atom is -0.492 e. The predicted molar refractivity (Wildman–Crippen MR) is 101 cm³/mol. The number of hydrogen-bond donors (Lipinski definition) is 2. The van der Waals surface area contributed by atoms with Crippen LogP contribution in [0, 0.1) is 5.82 Å². The average Bonchev–Trinajstić information content (AvgIpc) is 3.33. The lowest BCUT2D eigenvalue weighted by Gasteiger charge is -2.26. The van der Waals surface area contributed by atoms with Crippen molar-refractivity contribution in [2.24, 2.45) is 0 Å². The topological polar surface area (TPSA) is 53.6 Å². The number of nitrogens with zero attached hydrogens (tertiary/aromatic N) is 1. The third-order valence-corrected chi connectivity index (χ3v) is 5.33. The normalized spacial score (nSPS) is 15.6. The lowest BCUT2D eigenvalue weighted by Crippen LogP contribution is -2.42. The first-order valence-electron chi connectivity index (χ1n) is 8.90. The van der Waals surface area contributed by atoms with E-state index in [1.54, 1.807) is 23.5 Å². The van der Waals surface area contributed by atoms with Crippen molar-refractivity contribution in [3.05, 3.63) is 52.5 Å². The van der Waals surface area contributed by atoms with Crippen LogP contribution < -0.4 is 15.4 Å². The standard InChI is InChI=1S/C19H24FN3O2S/c20-15-5-3-6-16(13-15)25-11-8-21-19(24)22-14-17(18-7-4-12-26-18)23-9-1-2-10-23/h3-7,12-13,17H,1-2,8-11,14H2,(H2,21,22,24). The van der Waals surface area contributed by atoms with E-state index in [-0.39, 0.29) is 24.5 Å². The molecule has 1 aliphatic rings. The lowest BCUT2D eigenvalue weighted by atomic mass is 10.2. The summed E-state index contributed by atoms with van der Waals surface area (Å²) in [5, 5.41) is 7.80. The molecule has 1 unspecified atom stereocenters. The van der Waals surface area contributed by atoms with Gasteiger partial charge in [0.25, 0.3) is 0 Å². The number of carbonyl (C=O) groups is 1. The van der Waals surface area contributed by atoms with Gasteiger partial charge in [0.2, 0.25) is 0 Å². The van der Waals surface area contributed by atoms with Gasteiger partial charge in [-0.15, -0.1) is 11.3 Å². The molecule has 0 saturated carbocycles. The molecule has 26 heavy (non-hydrogen) atoms. The highest BCUT2D eigenvalue weighted by Gasteiger charge is 2.24. The fourth-order valence-electron chi connectivity index (χ4n) is 3.09. The summed E-state index contributed by atoms with van der Waals surface area (Å²) in [6.45, 7) is 3.38. The summed E-state index contributed by atoms with van der Waals surface area (Å²) in [5.74, 6) is 0.119. The molecule has 5 nitrogen and oxygen atoms in total. The Morgan fingerprint density at radius 2 is 2.08 bits per heavy atom. The molecule has 3 rings (SSSR count). The summed E-state index contributed by atoms with van der Waals surface area (Å²) in [5.41, 5.74) is 0. The molecule has 140 valence electrons. The van der Waals surface area contributed by atoms with E-state index in [1.165, 1.54) is 29.9 Å². The molecule has 1 aliphatic heterocycles. The Hall–Kier alpha value is -2.12. The van der Waals surface area contributed by atoms with Crippen LogP contribution in [0.2, 0.25) is 0 Å². The minimum atomic E-state index is -0.338. The van der Waals surface area contributed by atoms with Crippen LogP contribution in [-0.2, 0) is 0 Å². The first kappa shape index (κ1) is 18.7. The van der Waals surface area contributed by atoms with Crippen LogP contribution in [-0.4, -0.2) is 43.7 Å². The average molecular weight is 377 g/mol. The number of nitrogens with one attached hydrogen (secondary N) is 2. The van der Waals surface area contributed by atoms with Crippen molar-refractivity contribution in [3.8, 4) is 5.75 Å². The first-order chi connectivity index (χ1) is 12.7. The largest absolute Gasteiger partial charge is 0.492 e. The van der Waals surface area contributed by atoms with Crippen molar-refractivity contribution in [1.29, 1.82) is 0 Å². The van der Waals surface area contributed by atoms with Crippen molar-refractivity contribution in [2.45, 2.75) is 18.9 Å². The van der Waals surface area contributed by atoms with Gasteiger partial charge in [-0.3, -0.25) is 4.90 Å². The van der Waals surface area contributed by atoms with Crippen molar-refractivity contribution in [3.63, 3.8) is 0 Å². The molecule has 2 aromatic rings. The van der Waals surface area contributed by atoms with Crippen LogP contribution in [0.3, 0.4) is 0 Å². The SMILES string of the molecule is O=C(NCCOc1cccc(F)c1)NCC(c1cccs1)N1CCCC1. The maximum Gasteiger partial charge on any atom is 0.314 e. The number of rotatable bonds is 8. The highest BCUT2D eigenvalue weighted by Crippen LogP contribution is 2.27. The van der Waals surface area contributed by atoms with Gasteiger partial charge in [-0.05, 0) is 49.5 Å². The molecule has 0 radical (unpaired) electrons. The molecule has 2 amide bonds. The molecule has 0 spiro atoms. The zero-order chi connectivity index (χ0) is 18.2. The number of urea groups is 1. The maximum absolute atomic E-state index is 13.1. The van der Waals surface area contributed by atoms with Crippen molar-refractivity contribution in [2.75, 3.05) is 32.8 Å². The summed E-state index contributed by atoms with van der Waals surface area (Å²) in [6, 6.07) is 10.1. The van der Waals surface area contributed by atoms with Crippen LogP contribution in [0.1, 0.15) is 23.8 Å². The van der Waals surface area contributed by atoms with Crippen LogP contribution in [0.5, 0.6) is 5.75 Å². The Balaban J connectivity index is 1.39. The smallest absolute Gasteiger partial charge is 0.314 e. The Kier molecular flexibility index (Phi) is 6.85. The molecular weight excluding hydrogens is 353 g/mol. The van der Waals surface area contributed by atoms with E-state index in [2.05, 4.69) is 27.0 Å². The Morgan fingerprint density at radius 1 is 1.23 bits per heavy atom. The molecule has 1 aromatic carbocycles. The highest BCUT2D eigenvalue weighted by molar-refractivity contribution is 7.10. The maximum atomic E-state index is 13.1. The second-order valence-corrected chi connectivity index (χ2v) is 7.20. The van der Waals surface area contributed by atoms with Gasteiger partial charge < -0.3 is 15.4 Å². The number of benzene rings is 1. The molecular formula is C19H24FN3O2S. The molecule has 2 heterocycles. The number of ether oxygens (including phenoxy) is 1. The quantitative estimate of drug-likeness (QED) is 0.693. The van der Waals surface area contributed by atoms with Gasteiger partial charge in [0.15, 0.2) is 0 Å². The van der Waals surface area contributed by atoms with Crippen molar-refractivity contribution >= 4 is 17.4 Å². The fourth-order valence-corrected chi connectivity index (χ4v) is 3.95. The van der Waals surface area contributed by atoms with Crippen molar-refractivity contribution in [1.82, 2.24) is 15.5 Å². The lowest BCUT2D eigenvalue weighted by molar-refractivity contribution is 0.220. The Morgan fingerprint density at radius 3 is 2.81 bits per heavy atom. The van der Waals surface area contributed by atoms with E-state index in [0.717, 1.165) is 13.1 Å². The summed E-state index contributed by atoms with van der Waals surface area (Å²) in [7, 11) is 0. The first-order valence-corrected chi connectivity index (χ1v) is 9.78. The number of amides is 2. The van der Waals surface area contributed by atoms with Gasteiger partial charge >= 0.3 is 6.03 Å². The van der Waals surface area contributed by atoms with Crippen LogP contribution in [0.4, 0.5) is 9.18 Å². The minimum absolute atomic E-state index is 0.214. The fraction of sp³-hybridized carbons (Fsp3) is 0.421. The van der Waals surface area contributed by atoms with Gasteiger partial charge in [-0.2, -0.15) is 0 Å². The second-order valence-electron chi connectivity index (χ2n) is 6.22. The molecule has 7 heteroatoms. The van der Waals surface area contributed by atoms with Gasteiger partial charge in [0.1, 0.15) is 18.2 Å². The van der Waals surface area contributed by atoms with E-state index >= 15 is 0 Å². The predicted octanol–water partition coefficient (Wildman–Crippen LogP) is 3.40. The third kappa shape index (κ3) is 5.44. The van der Waals surface area contributed by atoms with E-state index in [4.69, 9.17) is 4.74 Å². The highest BCUT2D eigenvalue weighted by atomic mass is 32.1. The summed E-state index contributed by atoms with van der Waals surface area (Å²) in [4.78, 5) is 15.8. The van der Waals surface area contributed by atoms with Gasteiger partial charge in [-0.25, -0.2) is 9.18 Å². The number of hydrogen-bond acceptors (Lipinski definition) is 4. The van der Waals surface area contributed by atoms with Gasteiger partial charge in [-0.1, -0.05) is 12.1 Å². The van der Waals surface area contributed by atoms with Gasteiger partial charge in [0, 0.05) is 17.5 Å². The zero-order valence-corrected chi connectivity index (χ0v) is 15.4. The number of carbonyl (C=O) groups excluding carboxylic acids is 1. The molecule has 2 N–H and O–H groups in total. The third-order valence-electron chi connectivity index (χ3n) is 4.36. The molecule has 0 bridgehead atoms. The number of thiophene rings is 1. The monoisotopic (exact) mass is 377 g/mol. The van der Waals surface area contributed by atoms with Crippen molar-refractivity contribution < 1.29 is 13.9 Å². The van der Waals surface area contributed by atoms with E-state index < -0.39 is 0 Å². The second kappa shape index (κ2) is 9.54. The van der Waals surface area contributed by atoms with E-state index in [1.807, 2.05) is 6.07 Å². The van der Waals surface area contributed by atoms with Crippen LogP contribution in [0.25, 0.3) is 0 Å². The zero-order valence-electron chi connectivity index (χ0n) is 14.6. The Bertz CT molecular complexity index is 690. The van der Waals surface area contributed by atoms with E-state index in [0.29, 0.717) is 18.8 Å². The molecule has 1 fully saturated rings. The Labute approximate surface area is 157 Å². The van der Waals surface area contributed by atoms with Gasteiger partial charge in [0.05, 0.1) is 12.6 Å². The summed E-state index contributed by atoms with van der Waals surface area (Å²) < 4.78 is 18.5. The molecule has 1 saturated heterocycles.